The lowest BCUT2D eigenvalue weighted by molar-refractivity contribution is 0.0524. The zero-order chi connectivity index (χ0) is 23.7. The number of hydrazine groups is 1. The van der Waals surface area contributed by atoms with Crippen molar-refractivity contribution in [1.82, 2.24) is 15.8 Å². The van der Waals surface area contributed by atoms with Crippen LogP contribution in [0.1, 0.15) is 64.1 Å². The van der Waals surface area contributed by atoms with Gasteiger partial charge in [0.25, 0.3) is 11.8 Å². The molecule has 0 radical (unpaired) electrons. The Bertz CT molecular complexity index is 974. The Morgan fingerprint density at radius 3 is 2.38 bits per heavy atom. The summed E-state index contributed by atoms with van der Waals surface area (Å²) >= 11 is 0. The lowest BCUT2D eigenvalue weighted by Crippen LogP contribution is -2.42. The smallest absolute Gasteiger partial charge is 0.339 e. The highest BCUT2D eigenvalue weighted by Gasteiger charge is 2.16. The second kappa shape index (κ2) is 11.7. The Kier molecular flexibility index (Phi) is 9.00. The van der Waals surface area contributed by atoms with Crippen LogP contribution in [0.4, 0.5) is 0 Å². The molecule has 2 aromatic rings. The van der Waals surface area contributed by atoms with Gasteiger partial charge in [-0.25, -0.2) is 9.78 Å². The Morgan fingerprint density at radius 2 is 1.75 bits per heavy atom. The summed E-state index contributed by atoms with van der Waals surface area (Å²) in [6, 6.07) is 7.59. The van der Waals surface area contributed by atoms with Crippen molar-refractivity contribution < 1.29 is 28.6 Å². The van der Waals surface area contributed by atoms with Crippen LogP contribution in [-0.2, 0) is 4.74 Å². The van der Waals surface area contributed by atoms with Gasteiger partial charge in [-0.3, -0.25) is 20.4 Å². The van der Waals surface area contributed by atoms with Crippen LogP contribution in [0.25, 0.3) is 0 Å². The predicted molar refractivity (Wildman–Crippen MR) is 118 cm³/mol. The van der Waals surface area contributed by atoms with E-state index in [2.05, 4.69) is 29.7 Å². The van der Waals surface area contributed by atoms with E-state index in [1.54, 1.807) is 26.0 Å². The van der Waals surface area contributed by atoms with E-state index in [1.807, 2.05) is 0 Å². The molecule has 2 amide bonds. The van der Waals surface area contributed by atoms with Crippen LogP contribution in [-0.4, -0.2) is 43.1 Å². The standard InChI is InChI=1S/C23H29N3O6/c1-6-31-23(29)17-8-9-18(24-15(17)4)22(28)26-25-21(27)16-7-10-19(20(13-16)30-5)32-12-11-14(2)3/h7-10,13-14H,6,11-12H2,1-5H3,(H,25,27)(H,26,28). The lowest BCUT2D eigenvalue weighted by Gasteiger charge is -2.13. The minimum absolute atomic E-state index is 0.0438. The van der Waals surface area contributed by atoms with Gasteiger partial charge in [-0.1, -0.05) is 13.8 Å². The van der Waals surface area contributed by atoms with Crippen molar-refractivity contribution in [3.63, 3.8) is 0 Å². The van der Waals surface area contributed by atoms with Gasteiger partial charge >= 0.3 is 5.97 Å². The third-order valence-electron chi connectivity index (χ3n) is 4.48. The largest absolute Gasteiger partial charge is 0.493 e. The molecule has 0 aliphatic heterocycles. The van der Waals surface area contributed by atoms with Crippen LogP contribution in [0.2, 0.25) is 0 Å². The summed E-state index contributed by atoms with van der Waals surface area (Å²) < 4.78 is 16.0. The van der Waals surface area contributed by atoms with Gasteiger partial charge in [0.2, 0.25) is 0 Å². The van der Waals surface area contributed by atoms with E-state index in [0.29, 0.717) is 29.7 Å². The molecule has 0 spiro atoms. The summed E-state index contributed by atoms with van der Waals surface area (Å²) in [5.41, 5.74) is 5.59. The molecular weight excluding hydrogens is 414 g/mol. The monoisotopic (exact) mass is 443 g/mol. The minimum Gasteiger partial charge on any atom is -0.493 e. The van der Waals surface area contributed by atoms with Crippen LogP contribution in [0, 0.1) is 12.8 Å². The fourth-order valence-electron chi connectivity index (χ4n) is 2.69. The number of aryl methyl sites for hydroxylation is 1. The number of amides is 2. The van der Waals surface area contributed by atoms with Crippen molar-refractivity contribution in [2.75, 3.05) is 20.3 Å². The molecular formula is C23H29N3O6. The quantitative estimate of drug-likeness (QED) is 0.452. The van der Waals surface area contributed by atoms with Gasteiger partial charge in [0.05, 0.1) is 31.6 Å². The van der Waals surface area contributed by atoms with E-state index < -0.39 is 17.8 Å². The Hall–Kier alpha value is -3.62. The SMILES string of the molecule is CCOC(=O)c1ccc(C(=O)NNC(=O)c2ccc(OCCC(C)C)c(OC)c2)nc1C. The van der Waals surface area contributed by atoms with Crippen molar-refractivity contribution in [2.24, 2.45) is 5.92 Å². The molecule has 0 fully saturated rings. The van der Waals surface area contributed by atoms with Crippen LogP contribution in [0.5, 0.6) is 11.5 Å². The molecule has 2 N–H and O–H groups in total. The average Bonchev–Trinajstić information content (AvgIpc) is 2.77. The number of hydrogen-bond donors (Lipinski definition) is 2. The molecule has 0 aliphatic rings. The van der Waals surface area contributed by atoms with Crippen molar-refractivity contribution in [2.45, 2.75) is 34.1 Å². The molecule has 2 rings (SSSR count). The highest BCUT2D eigenvalue weighted by Crippen LogP contribution is 2.28. The fourth-order valence-corrected chi connectivity index (χ4v) is 2.69. The number of esters is 1. The van der Waals surface area contributed by atoms with Crippen molar-refractivity contribution >= 4 is 17.8 Å². The summed E-state index contributed by atoms with van der Waals surface area (Å²) in [5, 5.41) is 0. The van der Waals surface area contributed by atoms with Crippen molar-refractivity contribution in [1.29, 1.82) is 0 Å². The number of pyridine rings is 1. The molecule has 32 heavy (non-hydrogen) atoms. The molecule has 172 valence electrons. The molecule has 0 bridgehead atoms. The minimum atomic E-state index is -0.627. The van der Waals surface area contributed by atoms with Crippen molar-refractivity contribution in [3.8, 4) is 11.5 Å². The van der Waals surface area contributed by atoms with Gasteiger partial charge in [0.15, 0.2) is 11.5 Å². The Labute approximate surface area is 187 Å². The van der Waals surface area contributed by atoms with E-state index in [4.69, 9.17) is 14.2 Å². The topological polar surface area (TPSA) is 116 Å². The zero-order valence-corrected chi connectivity index (χ0v) is 19.0. The maximum Gasteiger partial charge on any atom is 0.339 e. The number of ether oxygens (including phenoxy) is 3. The third-order valence-corrected chi connectivity index (χ3v) is 4.48. The maximum absolute atomic E-state index is 12.4. The van der Waals surface area contributed by atoms with Gasteiger partial charge < -0.3 is 14.2 Å². The number of nitrogens with one attached hydrogen (secondary N) is 2. The first kappa shape index (κ1) is 24.6. The molecule has 1 heterocycles. The highest BCUT2D eigenvalue weighted by molar-refractivity contribution is 5.99. The fraction of sp³-hybridized carbons (Fsp3) is 0.391. The summed E-state index contributed by atoms with van der Waals surface area (Å²) in [7, 11) is 1.49. The van der Waals surface area contributed by atoms with E-state index >= 15 is 0 Å². The molecule has 9 heteroatoms. The van der Waals surface area contributed by atoms with Gasteiger partial charge in [0, 0.05) is 5.56 Å². The number of hydrogen-bond acceptors (Lipinski definition) is 7. The third kappa shape index (κ3) is 6.69. The number of aromatic nitrogens is 1. The van der Waals surface area contributed by atoms with Crippen LogP contribution >= 0.6 is 0 Å². The van der Waals surface area contributed by atoms with Gasteiger partial charge in [-0.05, 0) is 56.5 Å². The van der Waals surface area contributed by atoms with E-state index in [9.17, 15) is 14.4 Å². The molecule has 0 unspecified atom stereocenters. The van der Waals surface area contributed by atoms with Crippen LogP contribution in [0.3, 0.4) is 0 Å². The molecule has 0 atom stereocenters. The number of rotatable bonds is 9. The van der Waals surface area contributed by atoms with Gasteiger partial charge in [-0.2, -0.15) is 0 Å². The number of methoxy groups -OCH3 is 1. The molecule has 0 saturated carbocycles. The Morgan fingerprint density at radius 1 is 1.03 bits per heavy atom. The lowest BCUT2D eigenvalue weighted by atomic mass is 10.1. The summed E-state index contributed by atoms with van der Waals surface area (Å²) in [4.78, 5) is 40.7. The van der Waals surface area contributed by atoms with Gasteiger partial charge in [-0.15, -0.1) is 0 Å². The first-order valence-electron chi connectivity index (χ1n) is 10.3. The molecule has 0 saturated heterocycles. The van der Waals surface area contributed by atoms with Crippen LogP contribution in [0.15, 0.2) is 30.3 Å². The molecule has 0 aliphatic carbocycles. The Balaban J connectivity index is 2.00. The number of benzene rings is 1. The van der Waals surface area contributed by atoms with E-state index in [0.717, 1.165) is 6.42 Å². The van der Waals surface area contributed by atoms with E-state index in [1.165, 1.54) is 25.3 Å². The van der Waals surface area contributed by atoms with Crippen molar-refractivity contribution in [3.05, 3.63) is 52.8 Å². The van der Waals surface area contributed by atoms with Crippen LogP contribution < -0.4 is 20.3 Å². The summed E-state index contributed by atoms with van der Waals surface area (Å²) in [6.07, 6.45) is 0.895. The maximum atomic E-state index is 12.4. The summed E-state index contributed by atoms with van der Waals surface area (Å²) in [6.45, 7) is 8.29. The average molecular weight is 444 g/mol. The molecule has 1 aromatic carbocycles. The zero-order valence-electron chi connectivity index (χ0n) is 19.0. The number of carbonyl (C=O) groups excluding carboxylic acids is 3. The summed E-state index contributed by atoms with van der Waals surface area (Å²) in [5.74, 6) is -0.213. The molecule has 1 aromatic heterocycles. The molecule has 9 nitrogen and oxygen atoms in total. The first-order valence-corrected chi connectivity index (χ1v) is 10.3. The second-order valence-electron chi connectivity index (χ2n) is 7.35. The highest BCUT2D eigenvalue weighted by atomic mass is 16.5. The predicted octanol–water partition coefficient (Wildman–Crippen LogP) is 3.08. The second-order valence-corrected chi connectivity index (χ2v) is 7.35. The van der Waals surface area contributed by atoms with Gasteiger partial charge in [0.1, 0.15) is 5.69 Å². The number of nitrogens with zero attached hydrogens (tertiary/aromatic N) is 1. The number of carbonyl (C=O) groups is 3. The van der Waals surface area contributed by atoms with E-state index in [-0.39, 0.29) is 23.4 Å². The first-order chi connectivity index (χ1) is 15.3. The normalized spacial score (nSPS) is 10.4.